The van der Waals surface area contributed by atoms with E-state index in [0.29, 0.717) is 18.0 Å². The SMILES string of the molecule is COc1cc(/C=C\C(=O)N(C)C[C@H](C)C#N)ccc1OCC(N)=O. The number of methoxy groups -OCH3 is 1. The van der Waals surface area contributed by atoms with Crippen LogP contribution in [0.5, 0.6) is 11.5 Å². The molecule has 0 saturated carbocycles. The summed E-state index contributed by atoms with van der Waals surface area (Å²) >= 11 is 0. The topological polar surface area (TPSA) is 106 Å². The first-order valence-corrected chi connectivity index (χ1v) is 7.29. The van der Waals surface area contributed by atoms with Gasteiger partial charge in [0.2, 0.25) is 5.91 Å². The van der Waals surface area contributed by atoms with Crippen LogP contribution < -0.4 is 15.2 Å². The maximum Gasteiger partial charge on any atom is 0.255 e. The number of benzene rings is 1. The van der Waals surface area contributed by atoms with Crippen LogP contribution in [-0.2, 0) is 9.59 Å². The molecule has 24 heavy (non-hydrogen) atoms. The van der Waals surface area contributed by atoms with E-state index < -0.39 is 5.91 Å². The Morgan fingerprint density at radius 2 is 2.12 bits per heavy atom. The molecule has 0 spiro atoms. The standard InChI is InChI=1S/C17H21N3O4/c1-12(9-18)10-20(2)17(22)7-5-13-4-6-14(15(8-13)23-3)24-11-16(19)21/h4-8,12H,10-11H2,1-3H3,(H2,19,21)/b7-5-/t12-/m1/s1. The Labute approximate surface area is 141 Å². The average molecular weight is 331 g/mol. The van der Waals surface area contributed by atoms with Gasteiger partial charge in [0, 0.05) is 19.7 Å². The summed E-state index contributed by atoms with van der Waals surface area (Å²) in [6, 6.07) is 7.12. The second kappa shape index (κ2) is 9.20. The molecule has 7 heteroatoms. The van der Waals surface area contributed by atoms with E-state index in [1.807, 2.05) is 0 Å². The highest BCUT2D eigenvalue weighted by Gasteiger charge is 2.10. The zero-order chi connectivity index (χ0) is 18.1. The molecular weight excluding hydrogens is 310 g/mol. The number of nitrogens with zero attached hydrogens (tertiary/aromatic N) is 2. The third-order valence-electron chi connectivity index (χ3n) is 3.12. The molecule has 2 amide bonds. The van der Waals surface area contributed by atoms with Crippen LogP contribution in [0.25, 0.3) is 6.08 Å². The number of ether oxygens (including phenoxy) is 2. The van der Waals surface area contributed by atoms with Gasteiger partial charge in [-0.3, -0.25) is 9.59 Å². The first kappa shape index (κ1) is 19.0. The second-order valence-electron chi connectivity index (χ2n) is 5.25. The minimum absolute atomic E-state index is 0.204. The minimum atomic E-state index is -0.582. The van der Waals surface area contributed by atoms with E-state index in [1.54, 1.807) is 38.2 Å². The van der Waals surface area contributed by atoms with Crippen molar-refractivity contribution < 1.29 is 19.1 Å². The van der Waals surface area contributed by atoms with Crippen molar-refractivity contribution in [2.75, 3.05) is 27.3 Å². The van der Waals surface area contributed by atoms with E-state index in [1.165, 1.54) is 18.1 Å². The molecule has 0 fully saturated rings. The summed E-state index contributed by atoms with van der Waals surface area (Å²) in [5, 5.41) is 8.77. The number of amides is 2. The largest absolute Gasteiger partial charge is 0.493 e. The molecule has 0 bridgehead atoms. The number of rotatable bonds is 8. The first-order valence-electron chi connectivity index (χ1n) is 7.29. The van der Waals surface area contributed by atoms with Crippen molar-refractivity contribution in [3.63, 3.8) is 0 Å². The van der Waals surface area contributed by atoms with Gasteiger partial charge in [0.15, 0.2) is 18.1 Å². The maximum absolute atomic E-state index is 12.0. The lowest BCUT2D eigenvalue weighted by molar-refractivity contribution is -0.125. The van der Waals surface area contributed by atoms with E-state index >= 15 is 0 Å². The molecule has 0 aliphatic heterocycles. The molecule has 128 valence electrons. The van der Waals surface area contributed by atoms with Crippen molar-refractivity contribution in [1.82, 2.24) is 4.90 Å². The van der Waals surface area contributed by atoms with E-state index in [9.17, 15) is 9.59 Å². The molecule has 7 nitrogen and oxygen atoms in total. The van der Waals surface area contributed by atoms with Crippen LogP contribution >= 0.6 is 0 Å². The minimum Gasteiger partial charge on any atom is -0.493 e. The molecule has 1 atom stereocenters. The number of likely N-dealkylation sites (N-methyl/N-ethyl adjacent to an activating group) is 1. The van der Waals surface area contributed by atoms with Crippen LogP contribution in [0.15, 0.2) is 24.3 Å². The number of primary amides is 1. The molecule has 0 aliphatic rings. The molecule has 0 radical (unpaired) electrons. The lowest BCUT2D eigenvalue weighted by Crippen LogP contribution is -2.29. The van der Waals surface area contributed by atoms with Crippen molar-refractivity contribution in [3.8, 4) is 17.6 Å². The van der Waals surface area contributed by atoms with Gasteiger partial charge in [-0.05, 0) is 30.7 Å². The van der Waals surface area contributed by atoms with E-state index in [0.717, 1.165) is 5.56 Å². The van der Waals surface area contributed by atoms with Crippen molar-refractivity contribution in [2.24, 2.45) is 11.7 Å². The molecule has 0 heterocycles. The molecule has 1 aromatic carbocycles. The van der Waals surface area contributed by atoms with Crippen molar-refractivity contribution in [1.29, 1.82) is 5.26 Å². The Morgan fingerprint density at radius 1 is 1.42 bits per heavy atom. The number of hydrogen-bond acceptors (Lipinski definition) is 5. The van der Waals surface area contributed by atoms with Gasteiger partial charge in [-0.25, -0.2) is 0 Å². The number of hydrogen-bond donors (Lipinski definition) is 1. The normalized spacial score (nSPS) is 11.6. The molecule has 0 aromatic heterocycles. The zero-order valence-electron chi connectivity index (χ0n) is 14.0. The van der Waals surface area contributed by atoms with Crippen LogP contribution in [-0.4, -0.2) is 44.0 Å². The van der Waals surface area contributed by atoms with Crippen molar-refractivity contribution in [3.05, 3.63) is 29.8 Å². The van der Waals surface area contributed by atoms with Gasteiger partial charge >= 0.3 is 0 Å². The van der Waals surface area contributed by atoms with Crippen LogP contribution in [0.4, 0.5) is 0 Å². The van der Waals surface area contributed by atoms with Gasteiger partial charge in [0.25, 0.3) is 5.91 Å². The Balaban J connectivity index is 2.79. The molecular formula is C17H21N3O4. The molecule has 1 rings (SSSR count). The molecule has 0 unspecified atom stereocenters. The molecule has 2 N–H and O–H groups in total. The molecule has 0 saturated heterocycles. The predicted molar refractivity (Wildman–Crippen MR) is 89.1 cm³/mol. The van der Waals surface area contributed by atoms with Crippen LogP contribution in [0.2, 0.25) is 0 Å². The summed E-state index contributed by atoms with van der Waals surface area (Å²) in [7, 11) is 3.12. The highest BCUT2D eigenvalue weighted by atomic mass is 16.5. The van der Waals surface area contributed by atoms with Crippen molar-refractivity contribution in [2.45, 2.75) is 6.92 Å². The van der Waals surface area contributed by atoms with Crippen molar-refractivity contribution >= 4 is 17.9 Å². The molecule has 0 aliphatic carbocycles. The number of carbonyl (C=O) groups is 2. The van der Waals surface area contributed by atoms with Gasteiger partial charge in [-0.1, -0.05) is 6.07 Å². The fourth-order valence-corrected chi connectivity index (χ4v) is 1.89. The van der Waals surface area contributed by atoms with Gasteiger partial charge in [0.1, 0.15) is 0 Å². The summed E-state index contributed by atoms with van der Waals surface area (Å²) in [6.07, 6.45) is 3.05. The zero-order valence-corrected chi connectivity index (χ0v) is 14.0. The predicted octanol–water partition coefficient (Wildman–Crippen LogP) is 1.19. The Morgan fingerprint density at radius 3 is 2.71 bits per heavy atom. The fraction of sp³-hybridized carbons (Fsp3) is 0.353. The maximum atomic E-state index is 12.0. The summed E-state index contributed by atoms with van der Waals surface area (Å²) in [6.45, 7) is 1.87. The van der Waals surface area contributed by atoms with Crippen LogP contribution in [0.3, 0.4) is 0 Å². The highest BCUT2D eigenvalue weighted by Crippen LogP contribution is 2.28. The lowest BCUT2D eigenvalue weighted by Gasteiger charge is -2.16. The number of nitriles is 1. The third-order valence-corrected chi connectivity index (χ3v) is 3.12. The highest BCUT2D eigenvalue weighted by molar-refractivity contribution is 5.91. The van der Waals surface area contributed by atoms with Gasteiger partial charge in [-0.15, -0.1) is 0 Å². The first-order chi connectivity index (χ1) is 11.4. The molecule has 1 aromatic rings. The summed E-state index contributed by atoms with van der Waals surface area (Å²) in [5.41, 5.74) is 5.77. The fourth-order valence-electron chi connectivity index (χ4n) is 1.89. The van der Waals surface area contributed by atoms with E-state index in [2.05, 4.69) is 6.07 Å². The van der Waals surface area contributed by atoms with E-state index in [4.69, 9.17) is 20.5 Å². The number of carbonyl (C=O) groups excluding carboxylic acids is 2. The third kappa shape index (κ3) is 6.01. The quantitative estimate of drug-likeness (QED) is 0.720. The van der Waals surface area contributed by atoms with Gasteiger partial charge < -0.3 is 20.1 Å². The lowest BCUT2D eigenvalue weighted by atomic mass is 10.1. The summed E-state index contributed by atoms with van der Waals surface area (Å²) < 4.78 is 10.4. The van der Waals surface area contributed by atoms with Gasteiger partial charge in [-0.2, -0.15) is 5.26 Å². The Bertz CT molecular complexity index is 664. The van der Waals surface area contributed by atoms with E-state index in [-0.39, 0.29) is 18.4 Å². The average Bonchev–Trinajstić information content (AvgIpc) is 2.57. The smallest absolute Gasteiger partial charge is 0.255 e. The second-order valence-corrected chi connectivity index (χ2v) is 5.25. The van der Waals surface area contributed by atoms with Gasteiger partial charge in [0.05, 0.1) is 19.1 Å². The van der Waals surface area contributed by atoms with Crippen LogP contribution in [0, 0.1) is 17.2 Å². The summed E-state index contributed by atoms with van der Waals surface area (Å²) in [5.74, 6) is -0.197. The van der Waals surface area contributed by atoms with Crippen LogP contribution in [0.1, 0.15) is 12.5 Å². The number of nitrogens with two attached hydrogens (primary N) is 1. The Kier molecular flexibility index (Phi) is 7.30. The Hall–Kier alpha value is -3.01. The monoisotopic (exact) mass is 331 g/mol. The summed E-state index contributed by atoms with van der Waals surface area (Å²) in [4.78, 5) is 24.2.